The van der Waals surface area contributed by atoms with E-state index in [1.807, 2.05) is 36.2 Å². The van der Waals surface area contributed by atoms with Gasteiger partial charge in [-0.3, -0.25) is 9.69 Å². The fourth-order valence-corrected chi connectivity index (χ4v) is 4.56. The Bertz CT molecular complexity index is 904. The molecule has 0 unspecified atom stereocenters. The SMILES string of the molecule is COCCOCCN[C@H]1CCN(C[C@H](c2ccccc2)N(C)C(=O)Cc2ccc(Cl)c(Cl)c2)C1.Cl. The van der Waals surface area contributed by atoms with E-state index in [1.54, 1.807) is 19.2 Å². The second-order valence-electron chi connectivity index (χ2n) is 8.66. The fourth-order valence-electron chi connectivity index (χ4n) is 4.24. The number of benzene rings is 2. The third kappa shape index (κ3) is 9.54. The summed E-state index contributed by atoms with van der Waals surface area (Å²) in [6, 6.07) is 16.0. The molecule has 6 nitrogen and oxygen atoms in total. The summed E-state index contributed by atoms with van der Waals surface area (Å²) < 4.78 is 10.5. The fraction of sp³-hybridized carbons (Fsp3) is 0.500. The first kappa shape index (κ1) is 29.8. The highest BCUT2D eigenvalue weighted by molar-refractivity contribution is 6.42. The zero-order valence-electron chi connectivity index (χ0n) is 20.4. The smallest absolute Gasteiger partial charge is 0.227 e. The number of nitrogens with one attached hydrogen (secondary N) is 1. The highest BCUT2D eigenvalue weighted by Crippen LogP contribution is 2.26. The Kier molecular flexibility index (Phi) is 13.4. The molecule has 3 rings (SSSR count). The third-order valence-corrected chi connectivity index (χ3v) is 6.94. The quantitative estimate of drug-likeness (QED) is 0.377. The number of hydrogen-bond donors (Lipinski definition) is 1. The van der Waals surface area contributed by atoms with Gasteiger partial charge in [0.1, 0.15) is 0 Å². The van der Waals surface area contributed by atoms with Gasteiger partial charge in [0.05, 0.1) is 42.3 Å². The van der Waals surface area contributed by atoms with Gasteiger partial charge in [0.25, 0.3) is 0 Å². The van der Waals surface area contributed by atoms with Gasteiger partial charge in [0, 0.05) is 39.8 Å². The van der Waals surface area contributed by atoms with Crippen LogP contribution in [-0.4, -0.2) is 81.9 Å². The Morgan fingerprint density at radius 2 is 1.91 bits per heavy atom. The lowest BCUT2D eigenvalue weighted by molar-refractivity contribution is -0.131. The van der Waals surface area contributed by atoms with Crippen LogP contribution in [0, 0.1) is 0 Å². The number of carbonyl (C=O) groups is 1. The van der Waals surface area contributed by atoms with Gasteiger partial charge in [-0.25, -0.2) is 0 Å². The summed E-state index contributed by atoms with van der Waals surface area (Å²) >= 11 is 12.2. The molecule has 1 amide bonds. The molecule has 2 aromatic carbocycles. The summed E-state index contributed by atoms with van der Waals surface area (Å²) in [6.45, 7) is 5.49. The molecule has 1 saturated heterocycles. The second-order valence-corrected chi connectivity index (χ2v) is 9.48. The molecule has 1 aliphatic heterocycles. The summed E-state index contributed by atoms with van der Waals surface area (Å²) in [5, 5.41) is 4.54. The number of methoxy groups -OCH3 is 1. The van der Waals surface area contributed by atoms with Crippen molar-refractivity contribution in [3.05, 3.63) is 69.7 Å². The molecule has 35 heavy (non-hydrogen) atoms. The van der Waals surface area contributed by atoms with Crippen molar-refractivity contribution in [2.45, 2.75) is 24.9 Å². The minimum absolute atomic E-state index is 0. The number of carbonyl (C=O) groups excluding carboxylic acids is 1. The minimum atomic E-state index is -0.0346. The first-order valence-corrected chi connectivity index (χ1v) is 12.5. The molecule has 0 saturated carbocycles. The van der Waals surface area contributed by atoms with Crippen LogP contribution in [0.15, 0.2) is 48.5 Å². The molecule has 0 spiro atoms. The first-order chi connectivity index (χ1) is 16.5. The Balaban J connectivity index is 0.00000432. The van der Waals surface area contributed by atoms with Crippen LogP contribution in [0.4, 0.5) is 0 Å². The zero-order chi connectivity index (χ0) is 24.3. The van der Waals surface area contributed by atoms with E-state index in [0.717, 1.165) is 43.7 Å². The number of halogens is 3. The lowest BCUT2D eigenvalue weighted by Crippen LogP contribution is -2.41. The first-order valence-electron chi connectivity index (χ1n) is 11.7. The maximum absolute atomic E-state index is 13.2. The van der Waals surface area contributed by atoms with Crippen LogP contribution < -0.4 is 5.32 Å². The lowest BCUT2D eigenvalue weighted by atomic mass is 10.0. The molecule has 0 aromatic heterocycles. The molecule has 0 aliphatic carbocycles. The van der Waals surface area contributed by atoms with E-state index < -0.39 is 0 Å². The van der Waals surface area contributed by atoms with E-state index in [1.165, 1.54) is 0 Å². The average molecular weight is 545 g/mol. The van der Waals surface area contributed by atoms with Crippen LogP contribution >= 0.6 is 35.6 Å². The van der Waals surface area contributed by atoms with Crippen molar-refractivity contribution in [1.29, 1.82) is 0 Å². The lowest BCUT2D eigenvalue weighted by Gasteiger charge is -2.32. The molecule has 1 N–H and O–H groups in total. The molecule has 2 aromatic rings. The van der Waals surface area contributed by atoms with Crippen molar-refractivity contribution in [2.75, 3.05) is 60.2 Å². The van der Waals surface area contributed by atoms with Crippen molar-refractivity contribution < 1.29 is 14.3 Å². The van der Waals surface area contributed by atoms with Crippen molar-refractivity contribution in [1.82, 2.24) is 15.1 Å². The molecule has 0 bridgehead atoms. The van der Waals surface area contributed by atoms with E-state index in [2.05, 4.69) is 22.3 Å². The summed E-state index contributed by atoms with van der Waals surface area (Å²) in [4.78, 5) is 17.5. The van der Waals surface area contributed by atoms with Crippen molar-refractivity contribution >= 4 is 41.5 Å². The number of nitrogens with zero attached hydrogens (tertiary/aromatic N) is 2. The van der Waals surface area contributed by atoms with E-state index in [4.69, 9.17) is 32.7 Å². The van der Waals surface area contributed by atoms with Crippen LogP contribution in [0.3, 0.4) is 0 Å². The van der Waals surface area contributed by atoms with E-state index >= 15 is 0 Å². The predicted octanol–water partition coefficient (Wildman–Crippen LogP) is 4.48. The molecule has 1 fully saturated rings. The summed E-state index contributed by atoms with van der Waals surface area (Å²) in [7, 11) is 3.57. The second kappa shape index (κ2) is 15.7. The van der Waals surface area contributed by atoms with Crippen LogP contribution in [0.2, 0.25) is 10.0 Å². The Hall–Kier alpha value is -1.38. The number of amides is 1. The highest BCUT2D eigenvalue weighted by atomic mass is 35.5. The topological polar surface area (TPSA) is 54.0 Å². The molecule has 1 heterocycles. The Morgan fingerprint density at radius 1 is 1.14 bits per heavy atom. The van der Waals surface area contributed by atoms with Crippen molar-refractivity contribution in [3.8, 4) is 0 Å². The Labute approximate surface area is 225 Å². The summed E-state index contributed by atoms with van der Waals surface area (Å²) in [5.74, 6) is 0.0503. The summed E-state index contributed by atoms with van der Waals surface area (Å²) in [5.41, 5.74) is 1.99. The van der Waals surface area contributed by atoms with Crippen LogP contribution in [0.1, 0.15) is 23.6 Å². The van der Waals surface area contributed by atoms with E-state index in [0.29, 0.717) is 35.9 Å². The summed E-state index contributed by atoms with van der Waals surface area (Å²) in [6.07, 6.45) is 1.37. The normalized spacial score (nSPS) is 16.6. The van der Waals surface area contributed by atoms with Gasteiger partial charge in [0.2, 0.25) is 5.91 Å². The van der Waals surface area contributed by atoms with Crippen LogP contribution in [0.5, 0.6) is 0 Å². The highest BCUT2D eigenvalue weighted by Gasteiger charge is 2.28. The van der Waals surface area contributed by atoms with Gasteiger partial charge in [-0.1, -0.05) is 59.6 Å². The number of likely N-dealkylation sites (tertiary alicyclic amines) is 1. The van der Waals surface area contributed by atoms with Gasteiger partial charge >= 0.3 is 0 Å². The van der Waals surface area contributed by atoms with E-state index in [9.17, 15) is 4.79 Å². The standard InChI is InChI=1S/C26H35Cl2N3O3.ClH/c1-30(26(32)17-20-8-9-23(27)24(28)16-20)25(21-6-4-3-5-7-21)19-31-12-10-22(18-31)29-11-13-34-15-14-33-2;/h3-9,16,22,25,29H,10-15,17-19H2,1-2H3;1H/t22-,25+;/m0./s1. The number of ether oxygens (including phenoxy) is 2. The van der Waals surface area contributed by atoms with Crippen LogP contribution in [0.25, 0.3) is 0 Å². The molecule has 2 atom stereocenters. The maximum Gasteiger partial charge on any atom is 0.227 e. The average Bonchev–Trinajstić information content (AvgIpc) is 3.29. The number of rotatable bonds is 13. The van der Waals surface area contributed by atoms with E-state index in [-0.39, 0.29) is 30.8 Å². The molecule has 194 valence electrons. The molecule has 0 radical (unpaired) electrons. The molecular weight excluding hydrogens is 509 g/mol. The van der Waals surface area contributed by atoms with Gasteiger partial charge in [0.15, 0.2) is 0 Å². The minimum Gasteiger partial charge on any atom is -0.382 e. The monoisotopic (exact) mass is 543 g/mol. The number of likely N-dealkylation sites (N-methyl/N-ethyl adjacent to an activating group) is 1. The molecule has 1 aliphatic rings. The van der Waals surface area contributed by atoms with Gasteiger partial charge < -0.3 is 19.7 Å². The van der Waals surface area contributed by atoms with Crippen molar-refractivity contribution in [3.63, 3.8) is 0 Å². The van der Waals surface area contributed by atoms with Gasteiger partial charge in [-0.2, -0.15) is 0 Å². The largest absolute Gasteiger partial charge is 0.382 e. The van der Waals surface area contributed by atoms with Gasteiger partial charge in [-0.15, -0.1) is 12.4 Å². The molecule has 9 heteroatoms. The predicted molar refractivity (Wildman–Crippen MR) is 145 cm³/mol. The Morgan fingerprint density at radius 3 is 2.63 bits per heavy atom. The molecular formula is C26H36Cl3N3O3. The van der Waals surface area contributed by atoms with Crippen molar-refractivity contribution in [2.24, 2.45) is 0 Å². The zero-order valence-corrected chi connectivity index (χ0v) is 22.7. The van der Waals surface area contributed by atoms with Crippen LogP contribution in [-0.2, 0) is 20.7 Å². The third-order valence-electron chi connectivity index (χ3n) is 6.20. The maximum atomic E-state index is 13.2. The number of hydrogen-bond acceptors (Lipinski definition) is 5. The van der Waals surface area contributed by atoms with Gasteiger partial charge in [-0.05, 0) is 36.2 Å².